The first-order valence-corrected chi connectivity index (χ1v) is 5.96. The molecule has 2 N–H and O–H groups in total. The van der Waals surface area contributed by atoms with Crippen LogP contribution in [0.5, 0.6) is 0 Å². The van der Waals surface area contributed by atoms with Crippen molar-refractivity contribution in [1.82, 2.24) is 15.3 Å². The van der Waals surface area contributed by atoms with E-state index < -0.39 is 17.6 Å². The first-order chi connectivity index (χ1) is 9.38. The SMILES string of the molecule is CC(NCc1ccc(F)c(C(F)(F)F)c1)c1ncc[nH]1. The number of H-pyrrole nitrogens is 1. The second kappa shape index (κ2) is 5.62. The van der Waals surface area contributed by atoms with Gasteiger partial charge in [0.2, 0.25) is 0 Å². The van der Waals surface area contributed by atoms with Gasteiger partial charge in [-0.3, -0.25) is 0 Å². The lowest BCUT2D eigenvalue weighted by atomic mass is 10.1. The molecule has 2 rings (SSSR count). The zero-order valence-corrected chi connectivity index (χ0v) is 10.6. The minimum Gasteiger partial charge on any atom is -0.347 e. The lowest BCUT2D eigenvalue weighted by Crippen LogP contribution is -2.19. The molecule has 108 valence electrons. The predicted molar refractivity (Wildman–Crippen MR) is 65.2 cm³/mol. The van der Waals surface area contributed by atoms with E-state index in [2.05, 4.69) is 15.3 Å². The Morgan fingerprint density at radius 1 is 1.35 bits per heavy atom. The maximum Gasteiger partial charge on any atom is 0.419 e. The van der Waals surface area contributed by atoms with Gasteiger partial charge in [0, 0.05) is 18.9 Å². The Kier molecular flexibility index (Phi) is 4.08. The van der Waals surface area contributed by atoms with E-state index in [4.69, 9.17) is 0 Å². The van der Waals surface area contributed by atoms with Crippen molar-refractivity contribution in [2.75, 3.05) is 0 Å². The molecular formula is C13H13F4N3. The van der Waals surface area contributed by atoms with E-state index in [1.54, 1.807) is 12.4 Å². The molecule has 1 unspecified atom stereocenters. The average Bonchev–Trinajstić information content (AvgIpc) is 2.90. The first kappa shape index (κ1) is 14.5. The van der Waals surface area contributed by atoms with Crippen molar-refractivity contribution in [3.05, 3.63) is 53.4 Å². The molecule has 3 nitrogen and oxygen atoms in total. The number of nitrogens with one attached hydrogen (secondary N) is 2. The zero-order valence-electron chi connectivity index (χ0n) is 10.6. The van der Waals surface area contributed by atoms with Crippen molar-refractivity contribution >= 4 is 0 Å². The number of rotatable bonds is 4. The van der Waals surface area contributed by atoms with Crippen molar-refractivity contribution in [3.8, 4) is 0 Å². The van der Waals surface area contributed by atoms with Crippen LogP contribution in [0.3, 0.4) is 0 Å². The topological polar surface area (TPSA) is 40.7 Å². The normalized spacial score (nSPS) is 13.4. The predicted octanol–water partition coefficient (Wildman–Crippen LogP) is 3.42. The van der Waals surface area contributed by atoms with Crippen LogP contribution in [0.15, 0.2) is 30.6 Å². The third-order valence-electron chi connectivity index (χ3n) is 2.88. The van der Waals surface area contributed by atoms with Crippen molar-refractivity contribution in [3.63, 3.8) is 0 Å². The summed E-state index contributed by atoms with van der Waals surface area (Å²) in [7, 11) is 0. The molecule has 1 heterocycles. The van der Waals surface area contributed by atoms with Gasteiger partial charge in [-0.15, -0.1) is 0 Å². The molecule has 20 heavy (non-hydrogen) atoms. The molecule has 0 saturated carbocycles. The van der Waals surface area contributed by atoms with Crippen LogP contribution in [0.4, 0.5) is 17.6 Å². The van der Waals surface area contributed by atoms with Crippen molar-refractivity contribution < 1.29 is 17.6 Å². The molecule has 0 aliphatic carbocycles. The summed E-state index contributed by atoms with van der Waals surface area (Å²) in [5.41, 5.74) is -0.889. The summed E-state index contributed by atoms with van der Waals surface area (Å²) in [5, 5.41) is 3.02. The number of nitrogens with zero attached hydrogens (tertiary/aromatic N) is 1. The third-order valence-corrected chi connectivity index (χ3v) is 2.88. The maximum atomic E-state index is 13.1. The number of benzene rings is 1. The van der Waals surface area contributed by atoms with E-state index in [-0.39, 0.29) is 12.6 Å². The summed E-state index contributed by atoms with van der Waals surface area (Å²) in [6.45, 7) is 2.01. The molecule has 0 saturated heterocycles. The number of aromatic amines is 1. The van der Waals surface area contributed by atoms with Gasteiger partial charge in [-0.1, -0.05) is 6.07 Å². The summed E-state index contributed by atoms with van der Waals surface area (Å²) in [4.78, 5) is 6.95. The quantitative estimate of drug-likeness (QED) is 0.846. The zero-order chi connectivity index (χ0) is 14.8. The van der Waals surface area contributed by atoms with E-state index >= 15 is 0 Å². The number of alkyl halides is 3. The van der Waals surface area contributed by atoms with E-state index in [0.29, 0.717) is 11.4 Å². The monoisotopic (exact) mass is 287 g/mol. The van der Waals surface area contributed by atoms with Crippen LogP contribution in [0.2, 0.25) is 0 Å². The summed E-state index contributed by atoms with van der Waals surface area (Å²) in [6, 6.07) is 2.82. The number of imidazole rings is 1. The Hall–Kier alpha value is -1.89. The molecule has 2 aromatic rings. The Labute approximate surface area is 113 Å². The summed E-state index contributed by atoms with van der Waals surface area (Å²) < 4.78 is 50.9. The van der Waals surface area contributed by atoms with Gasteiger partial charge in [0.25, 0.3) is 0 Å². The van der Waals surface area contributed by atoms with E-state index in [0.717, 1.165) is 12.1 Å². The van der Waals surface area contributed by atoms with Gasteiger partial charge in [-0.25, -0.2) is 9.37 Å². The van der Waals surface area contributed by atoms with E-state index in [9.17, 15) is 17.6 Å². The van der Waals surface area contributed by atoms with Crippen LogP contribution in [0.25, 0.3) is 0 Å². The Bertz CT molecular complexity index is 563. The first-order valence-electron chi connectivity index (χ1n) is 5.96. The largest absolute Gasteiger partial charge is 0.419 e. The highest BCUT2D eigenvalue weighted by atomic mass is 19.4. The summed E-state index contributed by atoms with van der Waals surface area (Å²) >= 11 is 0. The second-order valence-corrected chi connectivity index (χ2v) is 4.39. The molecule has 0 amide bonds. The molecule has 7 heteroatoms. The molecule has 0 aliphatic rings. The van der Waals surface area contributed by atoms with Crippen LogP contribution in [0, 0.1) is 5.82 Å². The average molecular weight is 287 g/mol. The fraction of sp³-hybridized carbons (Fsp3) is 0.308. The third kappa shape index (κ3) is 3.36. The second-order valence-electron chi connectivity index (χ2n) is 4.39. The summed E-state index contributed by atoms with van der Waals surface area (Å²) in [5.74, 6) is -0.580. The number of hydrogen-bond acceptors (Lipinski definition) is 2. The van der Waals surface area contributed by atoms with Gasteiger partial charge in [0.1, 0.15) is 11.6 Å². The van der Waals surface area contributed by atoms with Gasteiger partial charge in [-0.05, 0) is 24.6 Å². The van der Waals surface area contributed by atoms with Gasteiger partial charge >= 0.3 is 6.18 Å². The molecule has 1 atom stereocenters. The summed E-state index contributed by atoms with van der Waals surface area (Å²) in [6.07, 6.45) is -1.44. The molecule has 0 spiro atoms. The standard InChI is InChI=1S/C13H13F4N3/c1-8(12-18-4-5-19-12)20-7-9-2-3-11(14)10(6-9)13(15,16)17/h2-6,8,20H,7H2,1H3,(H,18,19). The molecule has 0 aliphatic heterocycles. The minimum atomic E-state index is -4.69. The number of hydrogen-bond donors (Lipinski definition) is 2. The lowest BCUT2D eigenvalue weighted by Gasteiger charge is -2.13. The van der Waals surface area contributed by atoms with E-state index in [1.165, 1.54) is 6.07 Å². The number of aromatic nitrogens is 2. The van der Waals surface area contributed by atoms with Crippen LogP contribution < -0.4 is 5.32 Å². The Morgan fingerprint density at radius 3 is 2.70 bits per heavy atom. The molecule has 1 aromatic carbocycles. The van der Waals surface area contributed by atoms with Crippen molar-refractivity contribution in [2.24, 2.45) is 0 Å². The van der Waals surface area contributed by atoms with E-state index in [1.807, 2.05) is 6.92 Å². The molecule has 1 aromatic heterocycles. The number of halogens is 4. The fourth-order valence-corrected chi connectivity index (χ4v) is 1.78. The smallest absolute Gasteiger partial charge is 0.347 e. The van der Waals surface area contributed by atoms with Gasteiger partial charge < -0.3 is 10.3 Å². The maximum absolute atomic E-state index is 13.1. The van der Waals surface area contributed by atoms with Crippen LogP contribution in [-0.2, 0) is 12.7 Å². The van der Waals surface area contributed by atoms with Gasteiger partial charge in [0.15, 0.2) is 0 Å². The molecule has 0 radical (unpaired) electrons. The molecule has 0 fully saturated rings. The van der Waals surface area contributed by atoms with Crippen molar-refractivity contribution in [2.45, 2.75) is 25.7 Å². The van der Waals surface area contributed by atoms with Crippen molar-refractivity contribution in [1.29, 1.82) is 0 Å². The van der Waals surface area contributed by atoms with Gasteiger partial charge in [-0.2, -0.15) is 13.2 Å². The van der Waals surface area contributed by atoms with Crippen LogP contribution in [0.1, 0.15) is 29.9 Å². The van der Waals surface area contributed by atoms with Crippen LogP contribution >= 0.6 is 0 Å². The van der Waals surface area contributed by atoms with Gasteiger partial charge in [0.05, 0.1) is 11.6 Å². The van der Waals surface area contributed by atoms with Crippen LogP contribution in [-0.4, -0.2) is 9.97 Å². The molecular weight excluding hydrogens is 274 g/mol. The Balaban J connectivity index is 2.07. The Morgan fingerprint density at radius 2 is 2.10 bits per heavy atom. The fourth-order valence-electron chi connectivity index (χ4n) is 1.78. The molecule has 0 bridgehead atoms. The highest BCUT2D eigenvalue weighted by molar-refractivity contribution is 5.27. The lowest BCUT2D eigenvalue weighted by molar-refractivity contribution is -0.140. The minimum absolute atomic E-state index is 0.149. The highest BCUT2D eigenvalue weighted by Gasteiger charge is 2.34. The highest BCUT2D eigenvalue weighted by Crippen LogP contribution is 2.31.